The van der Waals surface area contributed by atoms with E-state index in [1.54, 1.807) is 17.4 Å². The zero-order chi connectivity index (χ0) is 6.85. The van der Waals surface area contributed by atoms with Crippen molar-refractivity contribution in [3.8, 4) is 0 Å². The first-order valence-corrected chi connectivity index (χ1v) is 3.60. The van der Waals surface area contributed by atoms with Crippen molar-refractivity contribution >= 4 is 17.4 Å². The van der Waals surface area contributed by atoms with Crippen LogP contribution >= 0.6 is 11.3 Å². The summed E-state index contributed by atoms with van der Waals surface area (Å²) in [5.74, 6) is 0. The van der Waals surface area contributed by atoms with Gasteiger partial charge in [-0.15, -0.1) is 0 Å². The molecule has 0 spiro atoms. The average molecular weight is 225 g/mol. The molecule has 0 N–H and O–H groups in total. The van der Waals surface area contributed by atoms with Crippen molar-refractivity contribution in [3.63, 3.8) is 0 Å². The first-order chi connectivity index (χ1) is 4.24. The minimum absolute atomic E-state index is 0. The fourth-order valence-corrected chi connectivity index (χ4v) is 1.60. The van der Waals surface area contributed by atoms with Crippen molar-refractivity contribution in [2.75, 3.05) is 0 Å². The second-order valence-corrected chi connectivity index (χ2v) is 3.35. The van der Waals surface area contributed by atoms with E-state index in [4.69, 9.17) is 6.58 Å². The van der Waals surface area contributed by atoms with Gasteiger partial charge >= 0.3 is 0 Å². The maximum absolute atomic E-state index is 5.31. The summed E-state index contributed by atoms with van der Waals surface area (Å²) in [4.78, 5) is 2.44. The minimum Gasteiger partial charge on any atom is -0.361 e. The molecule has 51 valence electrons. The van der Waals surface area contributed by atoms with Crippen LogP contribution in [0, 0.1) is 26.5 Å². The van der Waals surface area contributed by atoms with Gasteiger partial charge in [-0.25, -0.2) is 11.3 Å². The number of aryl methyl sites for hydroxylation is 2. The van der Waals surface area contributed by atoms with Crippen LogP contribution in [0.1, 0.15) is 15.3 Å². The Bertz CT molecular complexity index is 225. The summed E-state index contributed by atoms with van der Waals surface area (Å²) < 4.78 is 0. The maximum Gasteiger partial charge on any atom is 0 e. The Labute approximate surface area is 91.2 Å². The number of hydrogen-bond donors (Lipinski definition) is 0. The molecule has 1 aromatic rings. The first kappa shape index (κ1) is 10.5. The van der Waals surface area contributed by atoms with Gasteiger partial charge in [0.2, 0.25) is 0 Å². The van der Waals surface area contributed by atoms with Crippen LogP contribution in [0.3, 0.4) is 0 Å². The molecule has 0 bridgehead atoms. The molecule has 0 aliphatic heterocycles. The summed E-state index contributed by atoms with van der Waals surface area (Å²) in [7, 11) is 0. The van der Waals surface area contributed by atoms with Crippen LogP contribution in [0.4, 0.5) is 0 Å². The van der Waals surface area contributed by atoms with E-state index in [9.17, 15) is 0 Å². The van der Waals surface area contributed by atoms with Gasteiger partial charge in [0.1, 0.15) is 0 Å². The van der Waals surface area contributed by atoms with E-state index in [2.05, 4.69) is 6.07 Å². The average Bonchev–Trinajstić information content (AvgIpc) is 2.10. The topological polar surface area (TPSA) is 0 Å². The summed E-state index contributed by atoms with van der Waals surface area (Å²) in [5.41, 5.74) is 1.04. The van der Waals surface area contributed by atoms with E-state index in [-0.39, 0.29) is 32.7 Å². The number of thiophene rings is 1. The van der Waals surface area contributed by atoms with Gasteiger partial charge in [0.15, 0.2) is 0 Å². The molecule has 1 heterocycles. The predicted molar refractivity (Wildman–Crippen MR) is 41.4 cm³/mol. The summed E-state index contributed by atoms with van der Waals surface area (Å²) in [5, 5.41) is 0. The van der Waals surface area contributed by atoms with Gasteiger partial charge in [0.25, 0.3) is 0 Å². The minimum atomic E-state index is 0. The fraction of sp³-hybridized carbons (Fsp3) is 0.250. The summed E-state index contributed by atoms with van der Waals surface area (Å²) in [6.45, 7) is 9.40. The van der Waals surface area contributed by atoms with E-state index in [0.717, 1.165) is 5.56 Å². The fourth-order valence-electron chi connectivity index (χ4n) is 0.747. The zero-order valence-electron chi connectivity index (χ0n) is 6.14. The molecule has 0 unspecified atom stereocenters. The smallest absolute Gasteiger partial charge is 0 e. The van der Waals surface area contributed by atoms with E-state index in [0.29, 0.717) is 0 Å². The number of rotatable bonds is 1. The van der Waals surface area contributed by atoms with E-state index >= 15 is 0 Å². The van der Waals surface area contributed by atoms with Crippen LogP contribution in [-0.2, 0) is 32.7 Å². The van der Waals surface area contributed by atoms with Crippen molar-refractivity contribution < 1.29 is 32.7 Å². The third-order valence-electron chi connectivity index (χ3n) is 1.16. The standard InChI is InChI=1S/C8H8S.Y/c1-4-8-5-6(2)9-7(8)3;/h1,4H,2-3H3;/q-2;. The molecule has 0 aliphatic carbocycles. The van der Waals surface area contributed by atoms with Crippen LogP contribution in [0.5, 0.6) is 0 Å². The van der Waals surface area contributed by atoms with Gasteiger partial charge in [-0.3, -0.25) is 6.07 Å². The van der Waals surface area contributed by atoms with Gasteiger partial charge in [0, 0.05) is 32.7 Å². The second-order valence-electron chi connectivity index (χ2n) is 1.92. The molecule has 0 aliphatic rings. The normalized spacial score (nSPS) is 8.60. The molecule has 0 fully saturated rings. The molecule has 0 saturated heterocycles. The molecule has 10 heavy (non-hydrogen) atoms. The molecule has 2 heteroatoms. The van der Waals surface area contributed by atoms with Crippen LogP contribution < -0.4 is 0 Å². The van der Waals surface area contributed by atoms with E-state index < -0.39 is 0 Å². The summed E-state index contributed by atoms with van der Waals surface area (Å²) >= 11 is 1.73. The second kappa shape index (κ2) is 4.43. The molecule has 0 amide bonds. The molecule has 0 atom stereocenters. The maximum atomic E-state index is 5.31. The van der Waals surface area contributed by atoms with E-state index in [1.165, 1.54) is 9.75 Å². The van der Waals surface area contributed by atoms with Gasteiger partial charge in [0.05, 0.1) is 0 Å². The Morgan fingerprint density at radius 3 is 2.30 bits per heavy atom. The first-order valence-electron chi connectivity index (χ1n) is 2.78. The SMILES string of the molecule is [CH-]=Cc1[c-]c(C)sc1C.[Y]. The van der Waals surface area contributed by atoms with Crippen molar-refractivity contribution in [2.24, 2.45) is 0 Å². The van der Waals surface area contributed by atoms with Crippen LogP contribution in [0.15, 0.2) is 0 Å². The van der Waals surface area contributed by atoms with Crippen LogP contribution in [-0.4, -0.2) is 0 Å². The van der Waals surface area contributed by atoms with E-state index in [1.807, 2.05) is 13.8 Å². The quantitative estimate of drug-likeness (QED) is 0.644. The summed E-state index contributed by atoms with van der Waals surface area (Å²) in [6, 6.07) is 3.13. The van der Waals surface area contributed by atoms with Gasteiger partial charge < -0.3 is 18.2 Å². The van der Waals surface area contributed by atoms with Crippen molar-refractivity contribution in [2.45, 2.75) is 13.8 Å². The molecule has 1 radical (unpaired) electrons. The van der Waals surface area contributed by atoms with Crippen molar-refractivity contribution in [1.29, 1.82) is 0 Å². The molecule has 1 aromatic heterocycles. The number of hydrogen-bond acceptors (Lipinski definition) is 1. The Morgan fingerprint density at radius 2 is 2.10 bits per heavy atom. The Kier molecular flexibility index (Phi) is 4.67. The third kappa shape index (κ3) is 2.30. The molecular formula is C8H8SY-2. The van der Waals surface area contributed by atoms with Gasteiger partial charge in [-0.1, -0.05) is 11.8 Å². The summed E-state index contributed by atoms with van der Waals surface area (Å²) in [6.07, 6.45) is 1.60. The molecule has 0 nitrogen and oxygen atoms in total. The Balaban J connectivity index is 0.000000810. The van der Waals surface area contributed by atoms with Crippen LogP contribution in [0.25, 0.3) is 6.08 Å². The third-order valence-corrected chi connectivity index (χ3v) is 2.10. The Morgan fingerprint density at radius 1 is 1.50 bits per heavy atom. The molecule has 1 rings (SSSR count). The molecule has 0 aromatic carbocycles. The van der Waals surface area contributed by atoms with Crippen molar-refractivity contribution in [1.82, 2.24) is 0 Å². The largest absolute Gasteiger partial charge is 0.361 e. The van der Waals surface area contributed by atoms with Crippen LogP contribution in [0.2, 0.25) is 0 Å². The zero-order valence-corrected chi connectivity index (χ0v) is 9.80. The molecular weight excluding hydrogens is 217 g/mol. The molecule has 0 saturated carbocycles. The van der Waals surface area contributed by atoms with Crippen molar-refractivity contribution in [3.05, 3.63) is 28.0 Å². The predicted octanol–water partition coefficient (Wildman–Crippen LogP) is 2.61. The monoisotopic (exact) mass is 225 g/mol. The van der Waals surface area contributed by atoms with Gasteiger partial charge in [-0.05, 0) is 6.92 Å². The Hall–Kier alpha value is 0.544. The van der Waals surface area contributed by atoms with Gasteiger partial charge in [-0.2, -0.15) is 4.88 Å².